The molecule has 1 aliphatic rings. The van der Waals surface area contributed by atoms with Crippen molar-refractivity contribution in [3.8, 4) is 11.5 Å². The van der Waals surface area contributed by atoms with E-state index in [1.807, 2.05) is 45.0 Å². The molecule has 1 unspecified atom stereocenters. The monoisotopic (exact) mass is 391 g/mol. The Morgan fingerprint density at radius 1 is 1.35 bits per heavy atom. The Kier molecular flexibility index (Phi) is 5.91. The van der Waals surface area contributed by atoms with E-state index in [0.29, 0.717) is 19.1 Å². The van der Waals surface area contributed by atoms with Crippen LogP contribution in [0, 0.1) is 0 Å². The van der Waals surface area contributed by atoms with Crippen LogP contribution in [0.15, 0.2) is 29.3 Å². The van der Waals surface area contributed by atoms with Crippen LogP contribution >= 0.6 is 24.0 Å². The molecule has 0 spiro atoms. The Morgan fingerprint density at radius 2 is 2.00 bits per heavy atom. The van der Waals surface area contributed by atoms with Crippen LogP contribution in [0.2, 0.25) is 0 Å². The van der Waals surface area contributed by atoms with E-state index < -0.39 is 0 Å². The van der Waals surface area contributed by atoms with Crippen molar-refractivity contribution in [3.63, 3.8) is 0 Å². The molecule has 0 aromatic heterocycles. The van der Waals surface area contributed by atoms with Crippen LogP contribution in [0.5, 0.6) is 11.5 Å². The highest BCUT2D eigenvalue weighted by Gasteiger charge is 2.20. The van der Waals surface area contributed by atoms with Gasteiger partial charge < -0.3 is 20.5 Å². The van der Waals surface area contributed by atoms with E-state index in [1.165, 1.54) is 0 Å². The van der Waals surface area contributed by atoms with Gasteiger partial charge in [-0.15, -0.1) is 24.0 Å². The lowest BCUT2D eigenvalue weighted by molar-refractivity contribution is 0.0971. The maximum atomic E-state index is 5.81. The van der Waals surface area contributed by atoms with E-state index in [0.717, 1.165) is 11.5 Å². The SMILES string of the molecule is CC(C)(C)NC(N)=NCC1COc2ccccc2O1.I. The van der Waals surface area contributed by atoms with E-state index in [2.05, 4.69) is 10.3 Å². The molecule has 1 aliphatic heterocycles. The standard InChI is InChI=1S/C14H21N3O2.HI/c1-14(2,3)17-13(15)16-8-10-9-18-11-6-4-5-7-12(11)19-10;/h4-7,10H,8-9H2,1-3H3,(H3,15,16,17);1H. The normalized spacial score (nSPS) is 18.1. The number of rotatable bonds is 2. The zero-order valence-electron chi connectivity index (χ0n) is 12.1. The van der Waals surface area contributed by atoms with E-state index >= 15 is 0 Å². The van der Waals surface area contributed by atoms with Crippen molar-refractivity contribution < 1.29 is 9.47 Å². The zero-order chi connectivity index (χ0) is 13.9. The third-order valence-electron chi connectivity index (χ3n) is 2.54. The molecule has 0 radical (unpaired) electrons. The van der Waals surface area contributed by atoms with Crippen LogP contribution in [0.3, 0.4) is 0 Å². The fraction of sp³-hybridized carbons (Fsp3) is 0.500. The number of halogens is 1. The maximum Gasteiger partial charge on any atom is 0.189 e. The van der Waals surface area contributed by atoms with Gasteiger partial charge in [-0.3, -0.25) is 0 Å². The minimum Gasteiger partial charge on any atom is -0.486 e. The van der Waals surface area contributed by atoms with Gasteiger partial charge in [0.1, 0.15) is 6.61 Å². The van der Waals surface area contributed by atoms with Gasteiger partial charge in [-0.2, -0.15) is 0 Å². The summed E-state index contributed by atoms with van der Waals surface area (Å²) >= 11 is 0. The van der Waals surface area contributed by atoms with Gasteiger partial charge in [-0.05, 0) is 32.9 Å². The molecule has 2 rings (SSSR count). The first-order valence-electron chi connectivity index (χ1n) is 6.40. The maximum absolute atomic E-state index is 5.81. The van der Waals surface area contributed by atoms with Crippen LogP contribution in [0.4, 0.5) is 0 Å². The number of guanidine groups is 1. The molecule has 0 bridgehead atoms. The highest BCUT2D eigenvalue weighted by molar-refractivity contribution is 14.0. The van der Waals surface area contributed by atoms with Crippen molar-refractivity contribution in [1.29, 1.82) is 0 Å². The smallest absolute Gasteiger partial charge is 0.189 e. The summed E-state index contributed by atoms with van der Waals surface area (Å²) in [6.07, 6.45) is -0.102. The molecular weight excluding hydrogens is 369 g/mol. The Labute approximate surface area is 137 Å². The summed E-state index contributed by atoms with van der Waals surface area (Å²) in [5, 5.41) is 3.11. The Bertz CT molecular complexity index is 472. The quantitative estimate of drug-likeness (QED) is 0.461. The number of para-hydroxylation sites is 2. The zero-order valence-corrected chi connectivity index (χ0v) is 14.4. The molecule has 0 saturated heterocycles. The number of hydrogen-bond acceptors (Lipinski definition) is 3. The summed E-state index contributed by atoms with van der Waals surface area (Å²) < 4.78 is 11.4. The first-order chi connectivity index (χ1) is 8.94. The van der Waals surface area contributed by atoms with Crippen molar-refractivity contribution in [2.24, 2.45) is 10.7 Å². The average molecular weight is 391 g/mol. The Hall–Kier alpha value is -1.18. The van der Waals surface area contributed by atoms with Crippen molar-refractivity contribution >= 4 is 29.9 Å². The first-order valence-corrected chi connectivity index (χ1v) is 6.40. The number of aliphatic imine (C=N–C) groups is 1. The third-order valence-corrected chi connectivity index (χ3v) is 2.54. The van der Waals surface area contributed by atoms with Gasteiger partial charge >= 0.3 is 0 Å². The van der Waals surface area contributed by atoms with Crippen molar-refractivity contribution in [2.75, 3.05) is 13.2 Å². The predicted octanol–water partition coefficient (Wildman–Crippen LogP) is 2.15. The number of benzene rings is 1. The molecule has 0 saturated carbocycles. The molecule has 1 atom stereocenters. The minimum absolute atomic E-state index is 0. The molecule has 20 heavy (non-hydrogen) atoms. The first kappa shape index (κ1) is 16.9. The summed E-state index contributed by atoms with van der Waals surface area (Å²) in [4.78, 5) is 4.28. The molecule has 0 aliphatic carbocycles. The highest BCUT2D eigenvalue weighted by atomic mass is 127. The number of ether oxygens (including phenoxy) is 2. The van der Waals surface area contributed by atoms with Crippen LogP contribution in [0.1, 0.15) is 20.8 Å². The largest absolute Gasteiger partial charge is 0.486 e. The second kappa shape index (κ2) is 7.01. The van der Waals surface area contributed by atoms with Crippen LogP contribution in [0.25, 0.3) is 0 Å². The second-order valence-electron chi connectivity index (χ2n) is 5.60. The Balaban J connectivity index is 0.00000200. The average Bonchev–Trinajstić information content (AvgIpc) is 2.34. The van der Waals surface area contributed by atoms with Gasteiger partial charge in [-0.25, -0.2) is 4.99 Å². The lowest BCUT2D eigenvalue weighted by Crippen LogP contribution is -2.45. The second-order valence-corrected chi connectivity index (χ2v) is 5.60. The minimum atomic E-state index is -0.102. The van der Waals surface area contributed by atoms with Crippen molar-refractivity contribution in [3.05, 3.63) is 24.3 Å². The molecule has 0 fully saturated rings. The lowest BCUT2D eigenvalue weighted by Gasteiger charge is -2.26. The Morgan fingerprint density at radius 3 is 2.65 bits per heavy atom. The molecule has 1 aromatic carbocycles. The van der Waals surface area contributed by atoms with Gasteiger partial charge in [0, 0.05) is 5.54 Å². The summed E-state index contributed by atoms with van der Waals surface area (Å²) in [5.74, 6) is 1.97. The van der Waals surface area contributed by atoms with E-state index in [9.17, 15) is 0 Å². The van der Waals surface area contributed by atoms with Gasteiger partial charge in [-0.1, -0.05) is 12.1 Å². The fourth-order valence-electron chi connectivity index (χ4n) is 1.78. The third kappa shape index (κ3) is 5.07. The summed E-state index contributed by atoms with van der Waals surface area (Å²) in [7, 11) is 0. The number of nitrogens with one attached hydrogen (secondary N) is 1. The van der Waals surface area contributed by atoms with E-state index in [1.54, 1.807) is 0 Å². The van der Waals surface area contributed by atoms with Gasteiger partial charge in [0.2, 0.25) is 0 Å². The van der Waals surface area contributed by atoms with Crippen LogP contribution in [-0.2, 0) is 0 Å². The summed E-state index contributed by atoms with van der Waals surface area (Å²) in [6.45, 7) is 7.07. The lowest BCUT2D eigenvalue weighted by atomic mass is 10.1. The molecule has 1 heterocycles. The van der Waals surface area contributed by atoms with E-state index in [-0.39, 0.29) is 35.6 Å². The van der Waals surface area contributed by atoms with E-state index in [4.69, 9.17) is 15.2 Å². The molecule has 3 N–H and O–H groups in total. The van der Waals surface area contributed by atoms with Gasteiger partial charge in [0.05, 0.1) is 6.54 Å². The number of nitrogens with zero attached hydrogens (tertiary/aromatic N) is 1. The predicted molar refractivity (Wildman–Crippen MR) is 91.1 cm³/mol. The summed E-state index contributed by atoms with van der Waals surface area (Å²) in [6, 6.07) is 7.63. The number of nitrogens with two attached hydrogens (primary N) is 1. The van der Waals surface area contributed by atoms with Crippen LogP contribution in [-0.4, -0.2) is 30.8 Å². The fourth-order valence-corrected chi connectivity index (χ4v) is 1.78. The number of hydrogen-bond donors (Lipinski definition) is 2. The molecule has 0 amide bonds. The molecule has 112 valence electrons. The number of fused-ring (bicyclic) bond motifs is 1. The molecular formula is C14H22IN3O2. The molecule has 1 aromatic rings. The van der Waals surface area contributed by atoms with Crippen LogP contribution < -0.4 is 20.5 Å². The summed E-state index contributed by atoms with van der Waals surface area (Å²) in [5.41, 5.74) is 5.72. The van der Waals surface area contributed by atoms with Crippen molar-refractivity contribution in [2.45, 2.75) is 32.4 Å². The highest BCUT2D eigenvalue weighted by Crippen LogP contribution is 2.30. The molecule has 5 nitrogen and oxygen atoms in total. The molecule has 6 heteroatoms. The van der Waals surface area contributed by atoms with Gasteiger partial charge in [0.25, 0.3) is 0 Å². The van der Waals surface area contributed by atoms with Crippen molar-refractivity contribution in [1.82, 2.24) is 5.32 Å². The topological polar surface area (TPSA) is 68.9 Å². The van der Waals surface area contributed by atoms with Gasteiger partial charge in [0.15, 0.2) is 23.6 Å².